The molecule has 4 rings (SSSR count). The van der Waals surface area contributed by atoms with Gasteiger partial charge in [-0.3, -0.25) is 14.5 Å². The number of amides is 2. The molecule has 0 N–H and O–H groups in total. The fraction of sp³-hybridized carbons (Fsp3) is 0.600. The first-order valence-corrected chi connectivity index (χ1v) is 9.67. The highest BCUT2D eigenvalue weighted by molar-refractivity contribution is 5.83. The van der Waals surface area contributed by atoms with Crippen molar-refractivity contribution in [2.24, 2.45) is 5.92 Å². The number of hydrogen-bond donors (Lipinski definition) is 0. The highest BCUT2D eigenvalue weighted by atomic mass is 19.1. The van der Waals surface area contributed by atoms with Gasteiger partial charge in [0.2, 0.25) is 11.8 Å². The lowest BCUT2D eigenvalue weighted by Crippen LogP contribution is -2.51. The van der Waals surface area contributed by atoms with Crippen LogP contribution in [0.25, 0.3) is 0 Å². The number of carbonyl (C=O) groups is 2. The standard InChI is InChI=1S/C20H26FN3O2/c21-18-6-2-1-5-15(18)16-13-17(16)20(26)24-11-9-22(10-12-24)14-19(25)23-7-3-4-8-23/h1-2,5-6,16-17H,3-4,7-14H2. The van der Waals surface area contributed by atoms with Crippen molar-refractivity contribution in [2.45, 2.75) is 25.2 Å². The van der Waals surface area contributed by atoms with E-state index < -0.39 is 0 Å². The molecule has 1 saturated carbocycles. The lowest BCUT2D eigenvalue weighted by atomic mass is 10.1. The van der Waals surface area contributed by atoms with Crippen LogP contribution < -0.4 is 0 Å². The maximum absolute atomic E-state index is 13.9. The monoisotopic (exact) mass is 359 g/mol. The highest BCUT2D eigenvalue weighted by Crippen LogP contribution is 2.49. The predicted octanol–water partition coefficient (Wildman–Crippen LogP) is 1.70. The van der Waals surface area contributed by atoms with Crippen molar-refractivity contribution in [3.8, 4) is 0 Å². The molecule has 1 aromatic rings. The molecule has 3 fully saturated rings. The van der Waals surface area contributed by atoms with Gasteiger partial charge in [-0.25, -0.2) is 4.39 Å². The first-order valence-electron chi connectivity index (χ1n) is 9.67. The molecule has 26 heavy (non-hydrogen) atoms. The number of hydrogen-bond acceptors (Lipinski definition) is 3. The normalized spacial score (nSPS) is 26.2. The third kappa shape index (κ3) is 3.61. The second-order valence-electron chi connectivity index (χ2n) is 7.66. The fourth-order valence-corrected chi connectivity index (χ4v) is 4.21. The molecule has 2 atom stereocenters. The van der Waals surface area contributed by atoms with E-state index in [1.54, 1.807) is 12.1 Å². The van der Waals surface area contributed by atoms with Crippen LogP contribution in [0.2, 0.25) is 0 Å². The third-order valence-electron chi connectivity index (χ3n) is 5.91. The lowest BCUT2D eigenvalue weighted by molar-refractivity contribution is -0.135. The number of likely N-dealkylation sites (tertiary alicyclic amines) is 1. The summed E-state index contributed by atoms with van der Waals surface area (Å²) >= 11 is 0. The van der Waals surface area contributed by atoms with Crippen LogP contribution in [0.4, 0.5) is 4.39 Å². The first-order chi connectivity index (χ1) is 12.6. The van der Waals surface area contributed by atoms with E-state index in [0.29, 0.717) is 25.2 Å². The number of carbonyl (C=O) groups excluding carboxylic acids is 2. The van der Waals surface area contributed by atoms with Crippen LogP contribution in [0.3, 0.4) is 0 Å². The van der Waals surface area contributed by atoms with Crippen molar-refractivity contribution < 1.29 is 14.0 Å². The number of piperazine rings is 1. The van der Waals surface area contributed by atoms with Crippen molar-refractivity contribution in [3.63, 3.8) is 0 Å². The molecule has 140 valence electrons. The van der Waals surface area contributed by atoms with Gasteiger partial charge < -0.3 is 9.80 Å². The first kappa shape index (κ1) is 17.5. The molecule has 0 radical (unpaired) electrons. The topological polar surface area (TPSA) is 43.9 Å². The molecule has 0 bridgehead atoms. The van der Waals surface area contributed by atoms with Gasteiger partial charge in [0.05, 0.1) is 6.54 Å². The van der Waals surface area contributed by atoms with E-state index in [2.05, 4.69) is 4.90 Å². The summed E-state index contributed by atoms with van der Waals surface area (Å²) in [6.45, 7) is 5.03. The van der Waals surface area contributed by atoms with E-state index in [9.17, 15) is 14.0 Å². The van der Waals surface area contributed by atoms with Crippen LogP contribution in [0.1, 0.15) is 30.7 Å². The Morgan fingerprint density at radius 3 is 2.35 bits per heavy atom. The molecule has 0 aromatic heterocycles. The van der Waals surface area contributed by atoms with Gasteiger partial charge in [0.15, 0.2) is 0 Å². The molecule has 2 saturated heterocycles. The SMILES string of the molecule is O=C(CN1CCN(C(=O)C2CC2c2ccccc2F)CC1)N1CCCC1. The highest BCUT2D eigenvalue weighted by Gasteiger charge is 2.47. The summed E-state index contributed by atoms with van der Waals surface area (Å²) < 4.78 is 13.9. The molecule has 2 unspecified atom stereocenters. The van der Waals surface area contributed by atoms with Crippen molar-refractivity contribution in [3.05, 3.63) is 35.6 Å². The smallest absolute Gasteiger partial charge is 0.236 e. The number of rotatable bonds is 4. The summed E-state index contributed by atoms with van der Waals surface area (Å²) in [5, 5.41) is 0. The number of halogens is 1. The average molecular weight is 359 g/mol. The molecule has 0 spiro atoms. The molecule has 2 aliphatic heterocycles. The average Bonchev–Trinajstić information content (AvgIpc) is 3.24. The lowest BCUT2D eigenvalue weighted by Gasteiger charge is -2.35. The Kier molecular flexibility index (Phi) is 4.94. The van der Waals surface area contributed by atoms with E-state index in [1.165, 1.54) is 6.07 Å². The predicted molar refractivity (Wildman–Crippen MR) is 96.1 cm³/mol. The van der Waals surface area contributed by atoms with Gasteiger partial charge in [0.25, 0.3) is 0 Å². The quantitative estimate of drug-likeness (QED) is 0.822. The van der Waals surface area contributed by atoms with Crippen LogP contribution in [0.15, 0.2) is 24.3 Å². The van der Waals surface area contributed by atoms with Crippen molar-refractivity contribution in [2.75, 3.05) is 45.8 Å². The Balaban J connectivity index is 1.25. The zero-order chi connectivity index (χ0) is 18.1. The Morgan fingerprint density at radius 1 is 0.962 bits per heavy atom. The third-order valence-corrected chi connectivity index (χ3v) is 5.91. The second-order valence-corrected chi connectivity index (χ2v) is 7.66. The second kappa shape index (κ2) is 7.35. The summed E-state index contributed by atoms with van der Waals surface area (Å²) in [7, 11) is 0. The summed E-state index contributed by atoms with van der Waals surface area (Å²) in [5.41, 5.74) is 0.667. The zero-order valence-corrected chi connectivity index (χ0v) is 15.1. The molecular weight excluding hydrogens is 333 g/mol. The Labute approximate surface area is 153 Å². The van der Waals surface area contributed by atoms with E-state index in [-0.39, 0.29) is 29.5 Å². The van der Waals surface area contributed by atoms with Gasteiger partial charge in [-0.1, -0.05) is 18.2 Å². The Morgan fingerprint density at radius 2 is 1.65 bits per heavy atom. The van der Waals surface area contributed by atoms with Crippen LogP contribution in [0, 0.1) is 11.7 Å². The van der Waals surface area contributed by atoms with Gasteiger partial charge in [-0.05, 0) is 36.8 Å². The van der Waals surface area contributed by atoms with Crippen LogP contribution in [-0.4, -0.2) is 72.3 Å². The van der Waals surface area contributed by atoms with Gasteiger partial charge in [-0.15, -0.1) is 0 Å². The summed E-state index contributed by atoms with van der Waals surface area (Å²) in [6.07, 6.45) is 2.96. The Hall–Kier alpha value is -1.95. The van der Waals surface area contributed by atoms with Gasteiger partial charge >= 0.3 is 0 Å². The van der Waals surface area contributed by atoms with Crippen molar-refractivity contribution >= 4 is 11.8 Å². The molecule has 5 nitrogen and oxygen atoms in total. The van der Waals surface area contributed by atoms with Crippen LogP contribution in [-0.2, 0) is 9.59 Å². The van der Waals surface area contributed by atoms with E-state index in [4.69, 9.17) is 0 Å². The van der Waals surface area contributed by atoms with Crippen molar-refractivity contribution in [1.29, 1.82) is 0 Å². The summed E-state index contributed by atoms with van der Waals surface area (Å²) in [4.78, 5) is 30.9. The number of nitrogens with zero attached hydrogens (tertiary/aromatic N) is 3. The largest absolute Gasteiger partial charge is 0.342 e. The van der Waals surface area contributed by atoms with Gasteiger partial charge in [0.1, 0.15) is 5.82 Å². The molecular formula is C20H26FN3O2. The minimum absolute atomic E-state index is 0.0264. The van der Waals surface area contributed by atoms with Crippen molar-refractivity contribution in [1.82, 2.24) is 14.7 Å². The van der Waals surface area contributed by atoms with Gasteiger partial charge in [0, 0.05) is 45.2 Å². The van der Waals surface area contributed by atoms with E-state index in [1.807, 2.05) is 15.9 Å². The van der Waals surface area contributed by atoms with Gasteiger partial charge in [-0.2, -0.15) is 0 Å². The maximum Gasteiger partial charge on any atom is 0.236 e. The molecule has 3 aliphatic rings. The zero-order valence-electron chi connectivity index (χ0n) is 15.1. The maximum atomic E-state index is 13.9. The van der Waals surface area contributed by atoms with E-state index in [0.717, 1.165) is 45.4 Å². The van der Waals surface area contributed by atoms with Crippen LogP contribution >= 0.6 is 0 Å². The Bertz CT molecular complexity index is 681. The minimum atomic E-state index is -0.210. The minimum Gasteiger partial charge on any atom is -0.342 e. The summed E-state index contributed by atoms with van der Waals surface area (Å²) in [6, 6.07) is 6.76. The molecule has 2 heterocycles. The fourth-order valence-electron chi connectivity index (χ4n) is 4.21. The molecule has 2 amide bonds. The number of benzene rings is 1. The van der Waals surface area contributed by atoms with E-state index >= 15 is 0 Å². The summed E-state index contributed by atoms with van der Waals surface area (Å²) in [5.74, 6) is 0.0917. The molecule has 1 aromatic carbocycles. The van der Waals surface area contributed by atoms with Crippen LogP contribution in [0.5, 0.6) is 0 Å². The molecule has 1 aliphatic carbocycles. The molecule has 6 heteroatoms.